The van der Waals surface area contributed by atoms with Crippen LogP contribution in [0.1, 0.15) is 29.8 Å². The third kappa shape index (κ3) is 6.23. The van der Waals surface area contributed by atoms with E-state index >= 15 is 0 Å². The zero-order valence-corrected chi connectivity index (χ0v) is 16.5. The van der Waals surface area contributed by atoms with Crippen LogP contribution in [0.5, 0.6) is 0 Å². The van der Waals surface area contributed by atoms with Crippen LogP contribution in [0.4, 0.5) is 0 Å². The zero-order chi connectivity index (χ0) is 21.4. The van der Waals surface area contributed by atoms with Gasteiger partial charge in [-0.15, -0.1) is 0 Å². The lowest BCUT2D eigenvalue weighted by Crippen LogP contribution is -2.51. The van der Waals surface area contributed by atoms with Crippen LogP contribution in [0.2, 0.25) is 0 Å². The number of carbonyl (C=O) groups is 3. The summed E-state index contributed by atoms with van der Waals surface area (Å²) in [5.41, 5.74) is 3.67. The Morgan fingerprint density at radius 3 is 2.00 bits per heavy atom. The van der Waals surface area contributed by atoms with Gasteiger partial charge in [-0.3, -0.25) is 14.4 Å². The van der Waals surface area contributed by atoms with E-state index in [0.717, 1.165) is 17.5 Å². The predicted octanol–water partition coefficient (Wildman–Crippen LogP) is 1.07. The van der Waals surface area contributed by atoms with Crippen molar-refractivity contribution >= 4 is 17.6 Å². The summed E-state index contributed by atoms with van der Waals surface area (Å²) in [4.78, 5) is 35.7. The van der Waals surface area contributed by atoms with Crippen LogP contribution in [-0.2, 0) is 16.0 Å². The topological polar surface area (TPSA) is 116 Å². The fraction of sp³-hybridized carbons (Fsp3) is 0.318. The second-order valence-electron chi connectivity index (χ2n) is 6.72. The molecule has 154 valence electrons. The molecule has 2 atom stereocenters. The molecule has 7 heteroatoms. The largest absolute Gasteiger partial charge is 0.391 e. The summed E-state index contributed by atoms with van der Waals surface area (Å²) in [6.07, 6.45) is -0.188. The number of ketones is 1. The molecule has 0 heterocycles. The number of Topliss-reactive ketones (excluding diaryl/α,β-unsaturated/α-hetero) is 1. The Morgan fingerprint density at radius 2 is 1.52 bits per heavy atom. The third-order valence-corrected chi connectivity index (χ3v) is 4.55. The molecule has 0 spiro atoms. The molecule has 0 bridgehead atoms. The van der Waals surface area contributed by atoms with E-state index in [0.29, 0.717) is 5.56 Å². The molecule has 0 radical (unpaired) electrons. The first kappa shape index (κ1) is 22.3. The van der Waals surface area contributed by atoms with Gasteiger partial charge >= 0.3 is 0 Å². The van der Waals surface area contributed by atoms with Gasteiger partial charge in [-0.2, -0.15) is 0 Å². The minimum absolute atomic E-state index is 0.360. The number of benzene rings is 2. The SMILES string of the molecule is CCc1ccc(-c2ccc(C(=O)NCC(=O)N[C@H](C(=O)CO)[C@@H](C)O)cc2)cc1. The van der Waals surface area contributed by atoms with Gasteiger partial charge in [-0.05, 0) is 42.2 Å². The number of aryl methyl sites for hydroxylation is 1. The summed E-state index contributed by atoms with van der Waals surface area (Å²) < 4.78 is 0. The molecule has 2 rings (SSSR count). The number of amides is 2. The summed E-state index contributed by atoms with van der Waals surface area (Å²) in [6.45, 7) is 2.27. The van der Waals surface area contributed by atoms with E-state index in [1.54, 1.807) is 12.1 Å². The number of rotatable bonds is 9. The van der Waals surface area contributed by atoms with Gasteiger partial charge in [0.2, 0.25) is 5.91 Å². The number of nitrogens with one attached hydrogen (secondary N) is 2. The van der Waals surface area contributed by atoms with Crippen molar-refractivity contribution < 1.29 is 24.6 Å². The Bertz CT molecular complexity index is 845. The first-order valence-corrected chi connectivity index (χ1v) is 9.44. The number of hydrogen-bond donors (Lipinski definition) is 4. The van der Waals surface area contributed by atoms with Crippen molar-refractivity contribution in [2.45, 2.75) is 32.4 Å². The lowest BCUT2D eigenvalue weighted by atomic mass is 10.0. The Morgan fingerprint density at radius 1 is 0.966 bits per heavy atom. The van der Waals surface area contributed by atoms with E-state index < -0.39 is 36.4 Å². The molecule has 0 aromatic heterocycles. The quantitative estimate of drug-likeness (QED) is 0.504. The summed E-state index contributed by atoms with van der Waals surface area (Å²) in [7, 11) is 0. The molecule has 0 aliphatic carbocycles. The molecular weight excluding hydrogens is 372 g/mol. The van der Waals surface area contributed by atoms with E-state index in [2.05, 4.69) is 29.7 Å². The van der Waals surface area contributed by atoms with E-state index in [4.69, 9.17) is 5.11 Å². The maximum atomic E-state index is 12.2. The van der Waals surface area contributed by atoms with E-state index in [9.17, 15) is 19.5 Å². The lowest BCUT2D eigenvalue weighted by molar-refractivity contribution is -0.131. The van der Waals surface area contributed by atoms with Gasteiger partial charge in [0.25, 0.3) is 5.91 Å². The highest BCUT2D eigenvalue weighted by Gasteiger charge is 2.24. The monoisotopic (exact) mass is 398 g/mol. The van der Waals surface area contributed by atoms with Gasteiger partial charge in [0.15, 0.2) is 5.78 Å². The molecule has 0 aliphatic heterocycles. The van der Waals surface area contributed by atoms with Crippen molar-refractivity contribution in [1.29, 1.82) is 0 Å². The Kier molecular flexibility index (Phi) is 8.06. The summed E-state index contributed by atoms with van der Waals surface area (Å²) in [5, 5.41) is 23.2. The molecule has 0 fully saturated rings. The van der Waals surface area contributed by atoms with Crippen molar-refractivity contribution in [2.24, 2.45) is 0 Å². The van der Waals surface area contributed by atoms with Crippen LogP contribution < -0.4 is 10.6 Å². The number of hydrogen-bond acceptors (Lipinski definition) is 5. The van der Waals surface area contributed by atoms with E-state index in [-0.39, 0.29) is 6.54 Å². The first-order valence-electron chi connectivity index (χ1n) is 9.44. The second kappa shape index (κ2) is 10.5. The predicted molar refractivity (Wildman–Crippen MR) is 109 cm³/mol. The summed E-state index contributed by atoms with van der Waals surface area (Å²) in [5.74, 6) is -1.78. The first-order chi connectivity index (χ1) is 13.8. The van der Waals surface area contributed by atoms with Crippen LogP contribution in [-0.4, -0.2) is 53.1 Å². The smallest absolute Gasteiger partial charge is 0.251 e. The Labute approximate surface area is 169 Å². The van der Waals surface area contributed by atoms with Crippen LogP contribution in [0.3, 0.4) is 0 Å². The van der Waals surface area contributed by atoms with Gasteiger partial charge in [0, 0.05) is 5.56 Å². The van der Waals surface area contributed by atoms with Crippen molar-refractivity contribution in [3.05, 3.63) is 59.7 Å². The van der Waals surface area contributed by atoms with Crippen LogP contribution in [0.15, 0.2) is 48.5 Å². The van der Waals surface area contributed by atoms with E-state index in [1.165, 1.54) is 12.5 Å². The lowest BCUT2D eigenvalue weighted by Gasteiger charge is -2.19. The average molecular weight is 398 g/mol. The normalized spacial score (nSPS) is 12.7. The summed E-state index contributed by atoms with van der Waals surface area (Å²) >= 11 is 0. The van der Waals surface area contributed by atoms with Gasteiger partial charge in [0.05, 0.1) is 12.6 Å². The molecule has 2 aromatic rings. The fourth-order valence-corrected chi connectivity index (χ4v) is 2.80. The maximum absolute atomic E-state index is 12.2. The van der Waals surface area contributed by atoms with Gasteiger partial charge in [-0.1, -0.05) is 43.3 Å². The minimum Gasteiger partial charge on any atom is -0.391 e. The molecule has 0 unspecified atom stereocenters. The number of carbonyl (C=O) groups excluding carboxylic acids is 3. The Hall–Kier alpha value is -3.03. The molecule has 2 amide bonds. The van der Waals surface area contributed by atoms with Crippen LogP contribution in [0.25, 0.3) is 11.1 Å². The molecule has 7 nitrogen and oxygen atoms in total. The fourth-order valence-electron chi connectivity index (χ4n) is 2.80. The molecule has 0 saturated heterocycles. The van der Waals surface area contributed by atoms with Gasteiger partial charge in [-0.25, -0.2) is 0 Å². The summed E-state index contributed by atoms with van der Waals surface area (Å²) in [6, 6.07) is 14.0. The van der Waals surface area contributed by atoms with Crippen LogP contribution in [0, 0.1) is 0 Å². The van der Waals surface area contributed by atoms with Crippen molar-refractivity contribution in [3.63, 3.8) is 0 Å². The zero-order valence-electron chi connectivity index (χ0n) is 16.5. The number of aliphatic hydroxyl groups is 2. The Balaban J connectivity index is 1.93. The number of aliphatic hydroxyl groups excluding tert-OH is 2. The van der Waals surface area contributed by atoms with Gasteiger partial charge < -0.3 is 20.8 Å². The highest BCUT2D eigenvalue weighted by atomic mass is 16.3. The molecule has 4 N–H and O–H groups in total. The molecule has 29 heavy (non-hydrogen) atoms. The van der Waals surface area contributed by atoms with Crippen molar-refractivity contribution in [1.82, 2.24) is 10.6 Å². The average Bonchev–Trinajstić information content (AvgIpc) is 2.75. The standard InChI is InChI=1S/C22H26N2O5/c1-3-15-4-6-16(7-5-15)17-8-10-18(11-9-17)22(29)23-12-20(28)24-21(14(2)26)19(27)13-25/h4-11,14,21,25-26H,3,12-13H2,1-2H3,(H,23,29)(H,24,28)/t14-,21+/m1/s1. The maximum Gasteiger partial charge on any atom is 0.251 e. The van der Waals surface area contributed by atoms with Crippen molar-refractivity contribution in [3.8, 4) is 11.1 Å². The molecular formula is C22H26N2O5. The third-order valence-electron chi connectivity index (χ3n) is 4.55. The van der Waals surface area contributed by atoms with Crippen molar-refractivity contribution in [2.75, 3.05) is 13.2 Å². The molecule has 2 aromatic carbocycles. The highest BCUT2D eigenvalue weighted by Crippen LogP contribution is 2.20. The van der Waals surface area contributed by atoms with Crippen LogP contribution >= 0.6 is 0 Å². The van der Waals surface area contributed by atoms with E-state index in [1.807, 2.05) is 24.3 Å². The minimum atomic E-state index is -1.22. The molecule has 0 saturated carbocycles. The van der Waals surface area contributed by atoms with Gasteiger partial charge in [0.1, 0.15) is 12.6 Å². The molecule has 0 aliphatic rings. The second-order valence-corrected chi connectivity index (χ2v) is 6.72. The highest BCUT2D eigenvalue weighted by molar-refractivity contribution is 5.97.